The third kappa shape index (κ3) is 3.58. The van der Waals surface area contributed by atoms with Crippen molar-refractivity contribution in [2.75, 3.05) is 20.1 Å². The van der Waals surface area contributed by atoms with E-state index in [1.165, 1.54) is 24.3 Å². The Hall–Kier alpha value is -1.46. The quantitative estimate of drug-likeness (QED) is 0.902. The maximum Gasteiger partial charge on any atom is 0.251 e. The summed E-state index contributed by atoms with van der Waals surface area (Å²) in [5.74, 6) is 1.24. The van der Waals surface area contributed by atoms with E-state index < -0.39 is 0 Å². The molecule has 1 N–H and O–H groups in total. The fourth-order valence-corrected chi connectivity index (χ4v) is 5.58. The number of nitrogens with zero attached hydrogens (tertiary/aromatic N) is 2. The molecule has 4 rings (SSSR count). The minimum atomic E-state index is 0.0661. The fraction of sp³-hybridized carbons (Fsp3) is 0.600. The minimum Gasteiger partial charge on any atom is -0.349 e. The lowest BCUT2D eigenvalue weighted by molar-refractivity contribution is 0.0938. The first-order valence-electron chi connectivity index (χ1n) is 9.50. The summed E-state index contributed by atoms with van der Waals surface area (Å²) in [6.45, 7) is 4.60. The molecule has 1 saturated carbocycles. The van der Waals surface area contributed by atoms with E-state index in [0.717, 1.165) is 41.7 Å². The fourth-order valence-electron chi connectivity index (χ4n) is 4.30. The number of carbonyl (C=O) groups is 1. The monoisotopic (exact) mass is 357 g/mol. The van der Waals surface area contributed by atoms with E-state index in [9.17, 15) is 4.79 Å². The van der Waals surface area contributed by atoms with Crippen molar-refractivity contribution in [2.45, 2.75) is 51.0 Å². The van der Waals surface area contributed by atoms with Crippen molar-refractivity contribution < 1.29 is 4.79 Å². The van der Waals surface area contributed by atoms with Crippen LogP contribution < -0.4 is 5.32 Å². The van der Waals surface area contributed by atoms with Crippen LogP contribution in [0.3, 0.4) is 0 Å². The lowest BCUT2D eigenvalue weighted by Crippen LogP contribution is -2.35. The second-order valence-electron chi connectivity index (χ2n) is 7.82. The van der Waals surface area contributed by atoms with Gasteiger partial charge in [-0.2, -0.15) is 0 Å². The standard InChI is InChI=1S/C20H27N3OS/c1-13-12-23(2)10-9-16(13)20-22-17-8-7-14(11-18(17)25-20)19(24)21-15-5-3-4-6-15/h7-8,11,13,15-16H,3-6,9-10,12H2,1-2H3,(H,21,24)/t13?,16-/m1/s1. The molecule has 2 fully saturated rings. The molecule has 5 heteroatoms. The Morgan fingerprint density at radius 2 is 2.08 bits per heavy atom. The van der Waals surface area contributed by atoms with E-state index in [1.807, 2.05) is 18.2 Å². The summed E-state index contributed by atoms with van der Waals surface area (Å²) in [4.78, 5) is 19.8. The van der Waals surface area contributed by atoms with Crippen molar-refractivity contribution in [1.29, 1.82) is 0 Å². The molecule has 1 aliphatic heterocycles. The SMILES string of the molecule is CC1CN(C)CC[C@H]1c1nc2ccc(C(=O)NC3CCCC3)cc2s1. The Labute approximate surface area is 153 Å². The normalized spacial score (nSPS) is 25.5. The molecule has 1 saturated heterocycles. The van der Waals surface area contributed by atoms with Crippen LogP contribution in [0.5, 0.6) is 0 Å². The van der Waals surface area contributed by atoms with Gasteiger partial charge >= 0.3 is 0 Å². The molecular weight excluding hydrogens is 330 g/mol. The van der Waals surface area contributed by atoms with Crippen LogP contribution in [0.4, 0.5) is 0 Å². The van der Waals surface area contributed by atoms with Crippen LogP contribution in [-0.2, 0) is 0 Å². The number of likely N-dealkylation sites (tertiary alicyclic amines) is 1. The van der Waals surface area contributed by atoms with Crippen molar-refractivity contribution >= 4 is 27.5 Å². The summed E-state index contributed by atoms with van der Waals surface area (Å²) >= 11 is 1.77. The summed E-state index contributed by atoms with van der Waals surface area (Å²) in [7, 11) is 2.19. The summed E-state index contributed by atoms with van der Waals surface area (Å²) < 4.78 is 1.14. The topological polar surface area (TPSA) is 45.2 Å². The van der Waals surface area contributed by atoms with Crippen LogP contribution >= 0.6 is 11.3 Å². The van der Waals surface area contributed by atoms with Gasteiger partial charge in [0.1, 0.15) is 0 Å². The second kappa shape index (κ2) is 7.04. The van der Waals surface area contributed by atoms with Crippen LogP contribution in [0.15, 0.2) is 18.2 Å². The molecule has 2 atom stereocenters. The number of thiazole rings is 1. The van der Waals surface area contributed by atoms with E-state index in [0.29, 0.717) is 17.9 Å². The summed E-state index contributed by atoms with van der Waals surface area (Å²) in [6, 6.07) is 6.33. The van der Waals surface area contributed by atoms with Crippen molar-refractivity contribution in [2.24, 2.45) is 5.92 Å². The predicted molar refractivity (Wildman–Crippen MR) is 103 cm³/mol. The molecular formula is C20H27N3OS. The van der Waals surface area contributed by atoms with Crippen LogP contribution in [0.2, 0.25) is 0 Å². The van der Waals surface area contributed by atoms with E-state index in [4.69, 9.17) is 4.98 Å². The highest BCUT2D eigenvalue weighted by molar-refractivity contribution is 7.18. The number of rotatable bonds is 3. The zero-order chi connectivity index (χ0) is 17.4. The van der Waals surface area contributed by atoms with Gasteiger partial charge in [0.15, 0.2) is 0 Å². The number of hydrogen-bond acceptors (Lipinski definition) is 4. The van der Waals surface area contributed by atoms with Crippen molar-refractivity contribution in [1.82, 2.24) is 15.2 Å². The van der Waals surface area contributed by atoms with Gasteiger partial charge in [0.05, 0.1) is 15.2 Å². The largest absolute Gasteiger partial charge is 0.349 e. The third-order valence-electron chi connectivity index (χ3n) is 5.78. The first-order valence-corrected chi connectivity index (χ1v) is 10.3. The van der Waals surface area contributed by atoms with Crippen molar-refractivity contribution in [3.05, 3.63) is 28.8 Å². The summed E-state index contributed by atoms with van der Waals surface area (Å²) in [5.41, 5.74) is 1.80. The molecule has 2 heterocycles. The van der Waals surface area contributed by atoms with Crippen molar-refractivity contribution in [3.63, 3.8) is 0 Å². The zero-order valence-corrected chi connectivity index (χ0v) is 15.9. The smallest absolute Gasteiger partial charge is 0.251 e. The zero-order valence-electron chi connectivity index (χ0n) is 15.1. The Bertz CT molecular complexity index is 765. The second-order valence-corrected chi connectivity index (χ2v) is 8.89. The number of amides is 1. The van der Waals surface area contributed by atoms with Crippen LogP contribution in [0.1, 0.15) is 60.3 Å². The number of carbonyl (C=O) groups excluding carboxylic acids is 1. The van der Waals surface area contributed by atoms with Gasteiger partial charge in [0.25, 0.3) is 5.91 Å². The highest BCUT2D eigenvalue weighted by Gasteiger charge is 2.28. The predicted octanol–water partition coefficient (Wildman–Crippen LogP) is 4.02. The summed E-state index contributed by atoms with van der Waals surface area (Å²) in [6.07, 6.45) is 5.87. The lowest BCUT2D eigenvalue weighted by atomic mass is 9.88. The van der Waals surface area contributed by atoms with E-state index in [1.54, 1.807) is 11.3 Å². The van der Waals surface area contributed by atoms with Gasteiger partial charge in [-0.15, -0.1) is 11.3 Å². The van der Waals surface area contributed by atoms with Crippen LogP contribution in [0.25, 0.3) is 10.2 Å². The number of nitrogens with one attached hydrogen (secondary N) is 1. The molecule has 25 heavy (non-hydrogen) atoms. The molecule has 4 nitrogen and oxygen atoms in total. The molecule has 134 valence electrons. The maximum atomic E-state index is 12.5. The molecule has 1 unspecified atom stereocenters. The highest BCUT2D eigenvalue weighted by Crippen LogP contribution is 2.37. The molecule has 2 aliphatic rings. The number of aromatic nitrogens is 1. The van der Waals surface area contributed by atoms with Gasteiger partial charge in [-0.3, -0.25) is 4.79 Å². The van der Waals surface area contributed by atoms with Gasteiger partial charge in [-0.05, 0) is 57.0 Å². The minimum absolute atomic E-state index is 0.0661. The Morgan fingerprint density at radius 3 is 2.84 bits per heavy atom. The average Bonchev–Trinajstić information content (AvgIpc) is 3.23. The molecule has 1 aromatic heterocycles. The first kappa shape index (κ1) is 17.0. The molecule has 0 bridgehead atoms. The number of benzene rings is 1. The summed E-state index contributed by atoms with van der Waals surface area (Å²) in [5, 5.41) is 4.42. The number of hydrogen-bond donors (Lipinski definition) is 1. The Kier molecular flexibility index (Phi) is 4.78. The van der Waals surface area contributed by atoms with E-state index >= 15 is 0 Å². The molecule has 1 aliphatic carbocycles. The lowest BCUT2D eigenvalue weighted by Gasteiger charge is -2.33. The Balaban J connectivity index is 1.53. The van der Waals surface area contributed by atoms with E-state index in [2.05, 4.69) is 24.2 Å². The molecule has 2 aromatic rings. The number of piperidine rings is 1. The molecule has 1 aromatic carbocycles. The molecule has 0 radical (unpaired) electrons. The van der Waals surface area contributed by atoms with Gasteiger partial charge in [-0.1, -0.05) is 19.8 Å². The van der Waals surface area contributed by atoms with Gasteiger partial charge in [0.2, 0.25) is 0 Å². The van der Waals surface area contributed by atoms with Gasteiger partial charge in [0, 0.05) is 24.1 Å². The highest BCUT2D eigenvalue weighted by atomic mass is 32.1. The maximum absolute atomic E-state index is 12.5. The van der Waals surface area contributed by atoms with Crippen molar-refractivity contribution in [3.8, 4) is 0 Å². The average molecular weight is 358 g/mol. The first-order chi connectivity index (χ1) is 12.1. The third-order valence-corrected chi connectivity index (χ3v) is 6.93. The Morgan fingerprint density at radius 1 is 1.28 bits per heavy atom. The number of fused-ring (bicyclic) bond motifs is 1. The van der Waals surface area contributed by atoms with Gasteiger partial charge < -0.3 is 10.2 Å². The van der Waals surface area contributed by atoms with E-state index in [-0.39, 0.29) is 5.91 Å². The molecule has 1 amide bonds. The van der Waals surface area contributed by atoms with Gasteiger partial charge in [-0.25, -0.2) is 4.98 Å². The van der Waals surface area contributed by atoms with Crippen LogP contribution in [0, 0.1) is 5.92 Å². The van der Waals surface area contributed by atoms with Crippen LogP contribution in [-0.4, -0.2) is 42.0 Å². The molecule has 0 spiro atoms.